The number of benzene rings is 1. The van der Waals surface area contributed by atoms with E-state index in [1.165, 1.54) is 11.8 Å². The molecule has 0 saturated carbocycles. The lowest BCUT2D eigenvalue weighted by molar-refractivity contribution is -0.154. The first kappa shape index (κ1) is 35.0. The molecule has 2 fully saturated rings. The Morgan fingerprint density at radius 3 is 2.34 bits per heavy atom. The number of nitrogens with zero attached hydrogens (tertiary/aromatic N) is 2. The molecule has 2 aliphatic heterocycles. The maximum absolute atomic E-state index is 13.5. The molecule has 44 heavy (non-hydrogen) atoms. The summed E-state index contributed by atoms with van der Waals surface area (Å²) in [7, 11) is -3.67. The van der Waals surface area contributed by atoms with E-state index in [-0.39, 0.29) is 36.5 Å². The highest BCUT2D eigenvalue weighted by Crippen LogP contribution is 2.22. The second kappa shape index (κ2) is 15.5. The monoisotopic (exact) mass is 634 g/mol. The van der Waals surface area contributed by atoms with Gasteiger partial charge in [0.05, 0.1) is 6.26 Å². The van der Waals surface area contributed by atoms with E-state index in [0.29, 0.717) is 58.3 Å². The highest BCUT2D eigenvalue weighted by atomic mass is 32.2. The van der Waals surface area contributed by atoms with Crippen LogP contribution < -0.4 is 15.4 Å². The normalized spacial score (nSPS) is 18.4. The number of nitrogens with one attached hydrogen (secondary N) is 4. The molecular formula is C30H46N6O7S. The molecule has 1 aromatic rings. The predicted octanol–water partition coefficient (Wildman–Crippen LogP) is 1.14. The molecule has 13 nitrogen and oxygen atoms in total. The smallest absolute Gasteiger partial charge is 0.303 e. The number of sulfonamides is 1. The number of likely N-dealkylation sites (tertiary alicyclic amines) is 2. The van der Waals surface area contributed by atoms with E-state index in [1.807, 2.05) is 30.3 Å². The number of carbonyl (C=O) groups excluding carboxylic acids is 4. The van der Waals surface area contributed by atoms with Gasteiger partial charge in [0.15, 0.2) is 5.96 Å². The second-order valence-electron chi connectivity index (χ2n) is 12.2. The molecule has 3 rings (SSSR count). The van der Waals surface area contributed by atoms with E-state index >= 15 is 0 Å². The molecule has 14 heteroatoms. The van der Waals surface area contributed by atoms with Crippen LogP contribution in [0.25, 0.3) is 0 Å². The third-order valence-corrected chi connectivity index (χ3v) is 8.62. The molecule has 1 aromatic carbocycles. The van der Waals surface area contributed by atoms with Crippen LogP contribution in [0.5, 0.6) is 0 Å². The average Bonchev–Trinajstić information content (AvgIpc) is 3.44. The molecule has 3 amide bonds. The highest BCUT2D eigenvalue weighted by molar-refractivity contribution is 7.88. The summed E-state index contributed by atoms with van der Waals surface area (Å²) in [6.45, 7) is 6.68. The van der Waals surface area contributed by atoms with Crippen LogP contribution in [0.15, 0.2) is 30.3 Å². The van der Waals surface area contributed by atoms with Crippen LogP contribution in [0.2, 0.25) is 0 Å². The SMILES string of the molecule is CC(=O)OC(C)(C)CCC(=O)NC(=N)N1CCC(CNC(=O)[C@@H]2CCCN2C(=O)[C@@H](Cc2ccccc2)NS(C)(=O)=O)CC1. The first-order chi connectivity index (χ1) is 20.6. The Morgan fingerprint density at radius 2 is 1.73 bits per heavy atom. The van der Waals surface area contributed by atoms with Crippen molar-refractivity contribution >= 4 is 39.7 Å². The van der Waals surface area contributed by atoms with E-state index in [9.17, 15) is 27.6 Å². The van der Waals surface area contributed by atoms with Crippen molar-refractivity contribution in [2.75, 3.05) is 32.4 Å². The van der Waals surface area contributed by atoms with Crippen molar-refractivity contribution in [3.63, 3.8) is 0 Å². The van der Waals surface area contributed by atoms with Gasteiger partial charge in [0, 0.05) is 39.5 Å². The quantitative estimate of drug-likeness (QED) is 0.150. The third-order valence-electron chi connectivity index (χ3n) is 7.90. The maximum atomic E-state index is 13.5. The molecule has 2 saturated heterocycles. The minimum atomic E-state index is -3.67. The number of ether oxygens (including phenoxy) is 1. The Labute approximate surface area is 260 Å². The van der Waals surface area contributed by atoms with Gasteiger partial charge in [-0.15, -0.1) is 0 Å². The molecule has 0 aliphatic carbocycles. The number of amides is 3. The largest absolute Gasteiger partial charge is 0.460 e. The highest BCUT2D eigenvalue weighted by Gasteiger charge is 2.38. The average molecular weight is 635 g/mol. The van der Waals surface area contributed by atoms with Crippen LogP contribution in [0.1, 0.15) is 64.9 Å². The zero-order valence-electron chi connectivity index (χ0n) is 26.1. The Morgan fingerprint density at radius 1 is 1.07 bits per heavy atom. The number of hydrogen-bond donors (Lipinski definition) is 4. The zero-order valence-corrected chi connectivity index (χ0v) is 26.9. The van der Waals surface area contributed by atoms with E-state index in [1.54, 1.807) is 18.7 Å². The van der Waals surface area contributed by atoms with E-state index in [0.717, 1.165) is 11.8 Å². The molecule has 0 unspecified atom stereocenters. The Hall–Kier alpha value is -3.52. The number of esters is 1. The maximum Gasteiger partial charge on any atom is 0.303 e. The van der Waals surface area contributed by atoms with E-state index < -0.39 is 39.6 Å². The fraction of sp³-hybridized carbons (Fsp3) is 0.633. The fourth-order valence-corrected chi connectivity index (χ4v) is 6.34. The van der Waals surface area contributed by atoms with Crippen molar-refractivity contribution in [2.45, 2.75) is 83.4 Å². The Bertz CT molecular complexity index is 1300. The molecule has 2 heterocycles. The minimum absolute atomic E-state index is 0.0237. The summed E-state index contributed by atoms with van der Waals surface area (Å²) in [5.74, 6) is -1.21. The topological polar surface area (TPSA) is 178 Å². The summed E-state index contributed by atoms with van der Waals surface area (Å²) < 4.78 is 31.7. The minimum Gasteiger partial charge on any atom is -0.460 e. The van der Waals surface area contributed by atoms with Gasteiger partial charge in [0.1, 0.15) is 17.7 Å². The number of rotatable bonds is 12. The third kappa shape index (κ3) is 11.2. The summed E-state index contributed by atoms with van der Waals surface area (Å²) >= 11 is 0. The number of carbonyl (C=O) groups is 4. The molecule has 4 N–H and O–H groups in total. The molecule has 244 valence electrons. The summed E-state index contributed by atoms with van der Waals surface area (Å²) in [6, 6.07) is 7.46. The van der Waals surface area contributed by atoms with Crippen LogP contribution in [0.4, 0.5) is 0 Å². The number of piperidine rings is 1. The molecule has 0 bridgehead atoms. The molecular weight excluding hydrogens is 588 g/mol. The van der Waals surface area contributed by atoms with Gasteiger partial charge in [-0.1, -0.05) is 30.3 Å². The lowest BCUT2D eigenvalue weighted by atomic mass is 9.96. The van der Waals surface area contributed by atoms with Crippen LogP contribution in [-0.4, -0.2) is 98.0 Å². The van der Waals surface area contributed by atoms with Gasteiger partial charge in [0.2, 0.25) is 27.7 Å². The van der Waals surface area contributed by atoms with Gasteiger partial charge in [-0.25, -0.2) is 13.1 Å². The molecule has 0 spiro atoms. The van der Waals surface area contributed by atoms with Crippen LogP contribution in [0.3, 0.4) is 0 Å². The lowest BCUT2D eigenvalue weighted by Gasteiger charge is -2.34. The van der Waals surface area contributed by atoms with Crippen LogP contribution in [-0.2, 0) is 40.4 Å². The standard InChI is InChI=1S/C30H46N6O7S/c1-21(37)43-30(2,3)15-12-26(38)33-29(31)35-17-13-23(14-18-35)20-32-27(39)25-11-8-16-36(25)28(40)24(34-44(4,41)42)19-22-9-6-5-7-10-22/h5-7,9-10,23-25,34H,8,11-20H2,1-4H3,(H,32,39)(H2,31,33,38)/t24-,25+/m1/s1. The molecule has 2 atom stereocenters. The Kier molecular flexibility index (Phi) is 12.3. The van der Waals surface area contributed by atoms with Gasteiger partial charge in [-0.3, -0.25) is 29.9 Å². The molecule has 2 aliphatic rings. The van der Waals surface area contributed by atoms with E-state index in [4.69, 9.17) is 10.1 Å². The summed E-state index contributed by atoms with van der Waals surface area (Å²) in [6.07, 6.45) is 4.21. The van der Waals surface area contributed by atoms with Gasteiger partial charge >= 0.3 is 5.97 Å². The van der Waals surface area contributed by atoms with Gasteiger partial charge < -0.3 is 19.9 Å². The van der Waals surface area contributed by atoms with Gasteiger partial charge in [-0.2, -0.15) is 0 Å². The van der Waals surface area contributed by atoms with Crippen molar-refractivity contribution in [3.05, 3.63) is 35.9 Å². The lowest BCUT2D eigenvalue weighted by Crippen LogP contribution is -2.54. The number of guanidine groups is 1. The first-order valence-electron chi connectivity index (χ1n) is 15.1. The van der Waals surface area contributed by atoms with Crippen molar-refractivity contribution in [1.82, 2.24) is 25.2 Å². The van der Waals surface area contributed by atoms with Crippen LogP contribution >= 0.6 is 0 Å². The van der Waals surface area contributed by atoms with Gasteiger partial charge in [-0.05, 0) is 63.9 Å². The predicted molar refractivity (Wildman–Crippen MR) is 165 cm³/mol. The van der Waals surface area contributed by atoms with Crippen molar-refractivity contribution in [1.29, 1.82) is 5.41 Å². The van der Waals surface area contributed by atoms with Crippen LogP contribution in [0, 0.1) is 11.3 Å². The summed E-state index contributed by atoms with van der Waals surface area (Å²) in [5, 5.41) is 13.9. The summed E-state index contributed by atoms with van der Waals surface area (Å²) in [4.78, 5) is 53.5. The van der Waals surface area contributed by atoms with E-state index in [2.05, 4.69) is 15.4 Å². The Balaban J connectivity index is 1.46. The van der Waals surface area contributed by atoms with Crippen molar-refractivity contribution < 1.29 is 32.3 Å². The molecule has 0 aromatic heterocycles. The van der Waals surface area contributed by atoms with Crippen molar-refractivity contribution in [3.8, 4) is 0 Å². The van der Waals surface area contributed by atoms with Gasteiger partial charge in [0.25, 0.3) is 0 Å². The number of hydrogen-bond acceptors (Lipinski definition) is 8. The van der Waals surface area contributed by atoms with Crippen molar-refractivity contribution in [2.24, 2.45) is 5.92 Å². The first-order valence-corrected chi connectivity index (χ1v) is 16.9. The molecule has 0 radical (unpaired) electrons. The zero-order chi connectivity index (χ0) is 32.5. The second-order valence-corrected chi connectivity index (χ2v) is 14.0. The summed E-state index contributed by atoms with van der Waals surface area (Å²) in [5.41, 5.74) is 0.0397. The fourth-order valence-electron chi connectivity index (χ4n) is 5.64.